The van der Waals surface area contributed by atoms with Crippen molar-refractivity contribution in [3.8, 4) is 11.3 Å². The van der Waals surface area contributed by atoms with Gasteiger partial charge in [0, 0.05) is 36.4 Å². The minimum absolute atomic E-state index is 0.0705. The van der Waals surface area contributed by atoms with Crippen molar-refractivity contribution < 1.29 is 4.79 Å². The predicted octanol–water partition coefficient (Wildman–Crippen LogP) is 4.72. The summed E-state index contributed by atoms with van der Waals surface area (Å²) in [6.45, 7) is 2.12. The van der Waals surface area contributed by atoms with Gasteiger partial charge in [0.2, 0.25) is 11.9 Å². The van der Waals surface area contributed by atoms with Gasteiger partial charge < -0.3 is 15.5 Å². The number of nitrogens with zero attached hydrogens (tertiary/aromatic N) is 3. The molecule has 156 valence electrons. The van der Waals surface area contributed by atoms with Gasteiger partial charge in [0.25, 0.3) is 0 Å². The summed E-state index contributed by atoms with van der Waals surface area (Å²) in [5, 5.41) is 6.95. The van der Waals surface area contributed by atoms with E-state index >= 15 is 0 Å². The number of benzene rings is 3. The van der Waals surface area contributed by atoms with Crippen molar-refractivity contribution in [2.75, 3.05) is 36.2 Å². The van der Waals surface area contributed by atoms with Crippen LogP contribution in [0.15, 0.2) is 72.8 Å². The molecule has 0 unspecified atom stereocenters. The fraction of sp³-hybridized carbons (Fsp3) is 0.160. The van der Waals surface area contributed by atoms with Crippen LogP contribution in [0.3, 0.4) is 0 Å². The number of carbonyl (C=O) groups excluding carboxylic acids is 1. The molecule has 0 bridgehead atoms. The highest BCUT2D eigenvalue weighted by Gasteiger charge is 2.11. The first kappa shape index (κ1) is 20.3. The molecule has 4 rings (SSSR count). The minimum Gasteiger partial charge on any atom is -0.378 e. The van der Waals surface area contributed by atoms with Crippen molar-refractivity contribution in [2.24, 2.45) is 0 Å². The quantitative estimate of drug-likeness (QED) is 0.480. The van der Waals surface area contributed by atoms with E-state index in [1.54, 1.807) is 0 Å². The maximum absolute atomic E-state index is 12.4. The lowest BCUT2D eigenvalue weighted by Crippen LogP contribution is -2.22. The summed E-state index contributed by atoms with van der Waals surface area (Å²) in [7, 11) is 3.96. The van der Waals surface area contributed by atoms with Crippen molar-refractivity contribution in [2.45, 2.75) is 6.92 Å². The average Bonchev–Trinajstić information content (AvgIpc) is 2.78. The Balaban J connectivity index is 1.53. The van der Waals surface area contributed by atoms with Crippen molar-refractivity contribution in [1.82, 2.24) is 9.97 Å². The van der Waals surface area contributed by atoms with Gasteiger partial charge in [-0.2, -0.15) is 0 Å². The van der Waals surface area contributed by atoms with E-state index in [4.69, 9.17) is 4.98 Å². The zero-order valence-corrected chi connectivity index (χ0v) is 17.9. The molecule has 2 N–H and O–H groups in total. The average molecular weight is 412 g/mol. The number of aryl methyl sites for hydroxylation is 1. The SMILES string of the molecule is Cc1ccc2nc(NCC(=O)Nc3ccc(N(C)C)cc3)nc(-c3ccccc3)c2c1. The summed E-state index contributed by atoms with van der Waals surface area (Å²) < 4.78 is 0. The third kappa shape index (κ3) is 4.80. The molecule has 3 aromatic carbocycles. The van der Waals surface area contributed by atoms with E-state index in [9.17, 15) is 4.79 Å². The molecular weight excluding hydrogens is 386 g/mol. The lowest BCUT2D eigenvalue weighted by atomic mass is 10.0. The summed E-state index contributed by atoms with van der Waals surface area (Å²) in [4.78, 5) is 23.8. The molecule has 1 amide bonds. The van der Waals surface area contributed by atoms with Crippen molar-refractivity contribution in [1.29, 1.82) is 0 Å². The molecule has 0 fully saturated rings. The molecule has 0 atom stereocenters. The van der Waals surface area contributed by atoms with Crippen molar-refractivity contribution in [3.63, 3.8) is 0 Å². The Bertz CT molecular complexity index is 1200. The Kier molecular flexibility index (Phi) is 5.80. The molecule has 6 nitrogen and oxygen atoms in total. The second kappa shape index (κ2) is 8.83. The standard InChI is InChI=1S/C25H25N5O/c1-17-9-14-22-21(15-17)24(18-7-5-4-6-8-18)29-25(28-22)26-16-23(31)27-19-10-12-20(13-11-19)30(2)3/h4-15H,16H2,1-3H3,(H,27,31)(H,26,28,29). The summed E-state index contributed by atoms with van der Waals surface area (Å²) in [5.74, 6) is 0.264. The Morgan fingerprint density at radius 2 is 1.68 bits per heavy atom. The number of hydrogen-bond donors (Lipinski definition) is 2. The van der Waals surface area contributed by atoms with Gasteiger partial charge >= 0.3 is 0 Å². The van der Waals surface area contributed by atoms with Crippen LogP contribution >= 0.6 is 0 Å². The van der Waals surface area contributed by atoms with Crippen LogP contribution in [0.2, 0.25) is 0 Å². The predicted molar refractivity (Wildman–Crippen MR) is 128 cm³/mol. The third-order valence-corrected chi connectivity index (χ3v) is 4.97. The van der Waals surface area contributed by atoms with E-state index in [0.717, 1.165) is 39.1 Å². The van der Waals surface area contributed by atoms with Gasteiger partial charge in [0.15, 0.2) is 0 Å². The normalized spacial score (nSPS) is 10.7. The smallest absolute Gasteiger partial charge is 0.243 e. The number of fused-ring (bicyclic) bond motifs is 1. The minimum atomic E-state index is -0.161. The molecule has 0 radical (unpaired) electrons. The van der Waals surface area contributed by atoms with Crippen LogP contribution in [0.4, 0.5) is 17.3 Å². The number of aromatic nitrogens is 2. The fourth-order valence-corrected chi connectivity index (χ4v) is 3.34. The van der Waals surface area contributed by atoms with Crippen molar-refractivity contribution >= 4 is 34.1 Å². The first-order valence-electron chi connectivity index (χ1n) is 10.1. The Hall–Kier alpha value is -3.93. The highest BCUT2D eigenvalue weighted by Crippen LogP contribution is 2.28. The van der Waals surface area contributed by atoms with Gasteiger partial charge in [-0.1, -0.05) is 42.0 Å². The molecule has 0 aliphatic rings. The second-order valence-corrected chi connectivity index (χ2v) is 7.63. The number of carbonyl (C=O) groups is 1. The molecule has 0 aliphatic heterocycles. The largest absolute Gasteiger partial charge is 0.378 e. The van der Waals surface area contributed by atoms with E-state index in [1.807, 2.05) is 85.7 Å². The number of nitrogens with one attached hydrogen (secondary N) is 2. The number of rotatable bonds is 6. The Morgan fingerprint density at radius 1 is 0.935 bits per heavy atom. The zero-order chi connectivity index (χ0) is 21.8. The van der Waals surface area contributed by atoms with Gasteiger partial charge in [-0.15, -0.1) is 0 Å². The maximum atomic E-state index is 12.4. The van der Waals surface area contributed by atoms with Crippen LogP contribution in [-0.4, -0.2) is 36.5 Å². The van der Waals surface area contributed by atoms with Gasteiger partial charge in [-0.25, -0.2) is 9.97 Å². The van der Waals surface area contributed by atoms with Gasteiger partial charge in [0.1, 0.15) is 0 Å². The van der Waals surface area contributed by atoms with Crippen LogP contribution in [-0.2, 0) is 4.79 Å². The Labute approximate surface area is 182 Å². The van der Waals surface area contributed by atoms with E-state index in [2.05, 4.69) is 28.6 Å². The lowest BCUT2D eigenvalue weighted by molar-refractivity contribution is -0.114. The van der Waals surface area contributed by atoms with E-state index in [0.29, 0.717) is 5.95 Å². The molecule has 4 aromatic rings. The molecule has 0 saturated carbocycles. The molecule has 1 aromatic heterocycles. The van der Waals surface area contributed by atoms with Gasteiger partial charge in [-0.05, 0) is 43.3 Å². The first-order chi connectivity index (χ1) is 15.0. The second-order valence-electron chi connectivity index (χ2n) is 7.63. The van der Waals surface area contributed by atoms with E-state index in [1.165, 1.54) is 0 Å². The number of hydrogen-bond acceptors (Lipinski definition) is 5. The first-order valence-corrected chi connectivity index (χ1v) is 10.1. The summed E-state index contributed by atoms with van der Waals surface area (Å²) in [6, 6.07) is 23.8. The molecule has 0 saturated heterocycles. The van der Waals surface area contributed by atoms with Crippen molar-refractivity contribution in [3.05, 3.63) is 78.4 Å². The number of amides is 1. The summed E-state index contributed by atoms with van der Waals surface area (Å²) >= 11 is 0. The van der Waals surface area contributed by atoms with Crippen LogP contribution in [0.5, 0.6) is 0 Å². The maximum Gasteiger partial charge on any atom is 0.243 e. The van der Waals surface area contributed by atoms with Crippen LogP contribution in [0.1, 0.15) is 5.56 Å². The van der Waals surface area contributed by atoms with E-state index < -0.39 is 0 Å². The van der Waals surface area contributed by atoms with Crippen LogP contribution < -0.4 is 15.5 Å². The molecule has 0 spiro atoms. The Morgan fingerprint density at radius 3 is 2.39 bits per heavy atom. The lowest BCUT2D eigenvalue weighted by Gasteiger charge is -2.13. The molecule has 0 aliphatic carbocycles. The van der Waals surface area contributed by atoms with Gasteiger partial charge in [-0.3, -0.25) is 4.79 Å². The highest BCUT2D eigenvalue weighted by molar-refractivity contribution is 5.95. The highest BCUT2D eigenvalue weighted by atomic mass is 16.1. The summed E-state index contributed by atoms with van der Waals surface area (Å²) in [5.41, 5.74) is 5.66. The van der Waals surface area contributed by atoms with Crippen LogP contribution in [0.25, 0.3) is 22.2 Å². The molecule has 6 heteroatoms. The van der Waals surface area contributed by atoms with Crippen LogP contribution in [0, 0.1) is 6.92 Å². The van der Waals surface area contributed by atoms with Gasteiger partial charge in [0.05, 0.1) is 17.8 Å². The topological polar surface area (TPSA) is 70.2 Å². The molecular formula is C25H25N5O. The van der Waals surface area contributed by atoms with E-state index in [-0.39, 0.29) is 12.5 Å². The number of anilines is 3. The fourth-order valence-electron chi connectivity index (χ4n) is 3.34. The molecule has 31 heavy (non-hydrogen) atoms. The zero-order valence-electron chi connectivity index (χ0n) is 17.9. The summed E-state index contributed by atoms with van der Waals surface area (Å²) in [6.07, 6.45) is 0. The third-order valence-electron chi connectivity index (χ3n) is 4.97. The molecule has 1 heterocycles. The monoisotopic (exact) mass is 411 g/mol.